The average Bonchev–Trinajstić information content (AvgIpc) is 2.49. The summed E-state index contributed by atoms with van der Waals surface area (Å²) in [6.07, 6.45) is 3.38. The first-order valence-corrected chi connectivity index (χ1v) is 7.10. The van der Waals surface area contributed by atoms with Crippen LogP contribution in [0.2, 0.25) is 0 Å². The van der Waals surface area contributed by atoms with Crippen molar-refractivity contribution in [3.63, 3.8) is 0 Å². The maximum Gasteiger partial charge on any atom is 0.252 e. The van der Waals surface area contributed by atoms with Crippen molar-refractivity contribution in [2.24, 2.45) is 5.73 Å². The zero-order chi connectivity index (χ0) is 15.2. The average molecular weight is 348 g/mol. The van der Waals surface area contributed by atoms with Crippen LogP contribution in [0.15, 0.2) is 53.3 Å². The molecular formula is C15H14BrN3O2. The summed E-state index contributed by atoms with van der Waals surface area (Å²) in [5.74, 6) is -0.918. The molecule has 1 aromatic heterocycles. The number of carbonyl (C=O) groups excluding carboxylic acids is 2. The second-order valence-corrected chi connectivity index (χ2v) is 5.41. The normalized spacial score (nSPS) is 11.7. The van der Waals surface area contributed by atoms with Crippen molar-refractivity contribution in [1.82, 2.24) is 10.3 Å². The highest BCUT2D eigenvalue weighted by Gasteiger charge is 2.19. The maximum atomic E-state index is 12.0. The highest BCUT2D eigenvalue weighted by molar-refractivity contribution is 9.10. The molecule has 1 heterocycles. The lowest BCUT2D eigenvalue weighted by atomic mass is 10.1. The van der Waals surface area contributed by atoms with Crippen LogP contribution >= 0.6 is 15.9 Å². The van der Waals surface area contributed by atoms with Crippen LogP contribution in [-0.2, 0) is 11.2 Å². The fourth-order valence-corrected chi connectivity index (χ4v) is 2.09. The molecule has 0 aliphatic carbocycles. The van der Waals surface area contributed by atoms with Crippen LogP contribution in [0, 0.1) is 0 Å². The van der Waals surface area contributed by atoms with Crippen LogP contribution in [0.3, 0.4) is 0 Å². The Labute approximate surface area is 130 Å². The minimum Gasteiger partial charge on any atom is -0.368 e. The third-order valence-corrected chi connectivity index (χ3v) is 3.47. The van der Waals surface area contributed by atoms with E-state index in [1.54, 1.807) is 12.1 Å². The lowest BCUT2D eigenvalue weighted by Crippen LogP contribution is -2.45. The van der Waals surface area contributed by atoms with Crippen molar-refractivity contribution < 1.29 is 9.59 Å². The van der Waals surface area contributed by atoms with Crippen molar-refractivity contribution >= 4 is 27.7 Å². The van der Waals surface area contributed by atoms with Crippen molar-refractivity contribution in [1.29, 1.82) is 0 Å². The van der Waals surface area contributed by atoms with Gasteiger partial charge in [0, 0.05) is 28.9 Å². The summed E-state index contributed by atoms with van der Waals surface area (Å²) in [6, 6.07) is 9.89. The number of hydrogen-bond acceptors (Lipinski definition) is 3. The fraction of sp³-hybridized carbons (Fsp3) is 0.133. The molecular weight excluding hydrogens is 334 g/mol. The summed E-state index contributed by atoms with van der Waals surface area (Å²) in [6.45, 7) is 0. The van der Waals surface area contributed by atoms with Crippen LogP contribution in [0.1, 0.15) is 15.9 Å². The number of hydrogen-bond donors (Lipinski definition) is 2. The van der Waals surface area contributed by atoms with Crippen molar-refractivity contribution in [2.75, 3.05) is 0 Å². The zero-order valence-corrected chi connectivity index (χ0v) is 12.7. The summed E-state index contributed by atoms with van der Waals surface area (Å²) < 4.78 is 0.947. The molecule has 0 spiro atoms. The summed E-state index contributed by atoms with van der Waals surface area (Å²) in [5, 5.41) is 2.64. The Bertz CT molecular complexity index is 629. The topological polar surface area (TPSA) is 85.1 Å². The van der Waals surface area contributed by atoms with E-state index in [1.165, 1.54) is 12.4 Å². The van der Waals surface area contributed by atoms with Gasteiger partial charge in [-0.15, -0.1) is 0 Å². The molecule has 0 unspecified atom stereocenters. The van der Waals surface area contributed by atoms with Gasteiger partial charge >= 0.3 is 0 Å². The summed E-state index contributed by atoms with van der Waals surface area (Å²) in [5.41, 5.74) is 6.72. The molecule has 0 aliphatic rings. The second-order valence-electron chi connectivity index (χ2n) is 4.49. The second kappa shape index (κ2) is 6.99. The van der Waals surface area contributed by atoms with E-state index in [2.05, 4.69) is 26.2 Å². The van der Waals surface area contributed by atoms with E-state index in [1.807, 2.05) is 24.3 Å². The van der Waals surface area contributed by atoms with E-state index in [0.717, 1.165) is 10.0 Å². The Morgan fingerprint density at radius 1 is 1.14 bits per heavy atom. The van der Waals surface area contributed by atoms with Crippen LogP contribution in [-0.4, -0.2) is 22.8 Å². The molecule has 6 heteroatoms. The number of pyridine rings is 1. The molecule has 2 amide bonds. The number of nitrogens with two attached hydrogens (primary N) is 1. The largest absolute Gasteiger partial charge is 0.368 e. The standard InChI is InChI=1S/C15H14BrN3O2/c16-12-3-1-10(2-4-12)9-13(14(17)20)19-15(21)11-5-7-18-8-6-11/h1-8,13H,9H2,(H2,17,20)(H,19,21)/t13-/m0/s1. The Balaban J connectivity index is 2.07. The van der Waals surface area contributed by atoms with Gasteiger partial charge in [0.2, 0.25) is 5.91 Å². The van der Waals surface area contributed by atoms with E-state index < -0.39 is 11.9 Å². The highest BCUT2D eigenvalue weighted by atomic mass is 79.9. The number of benzene rings is 1. The number of nitrogens with zero attached hydrogens (tertiary/aromatic N) is 1. The molecule has 0 fully saturated rings. The molecule has 1 atom stereocenters. The van der Waals surface area contributed by atoms with Crippen molar-refractivity contribution in [2.45, 2.75) is 12.5 Å². The smallest absolute Gasteiger partial charge is 0.252 e. The SMILES string of the molecule is NC(=O)[C@H](Cc1ccc(Br)cc1)NC(=O)c1ccncc1. The van der Waals surface area contributed by atoms with Gasteiger partial charge in [0.05, 0.1) is 0 Å². The Morgan fingerprint density at radius 3 is 2.33 bits per heavy atom. The van der Waals surface area contributed by atoms with Crippen LogP contribution in [0.5, 0.6) is 0 Å². The number of carbonyl (C=O) groups is 2. The molecule has 5 nitrogen and oxygen atoms in total. The van der Waals surface area contributed by atoms with Gasteiger partial charge in [0.1, 0.15) is 6.04 Å². The predicted molar refractivity (Wildman–Crippen MR) is 82.5 cm³/mol. The number of aromatic nitrogens is 1. The van der Waals surface area contributed by atoms with Crippen molar-refractivity contribution in [3.8, 4) is 0 Å². The highest BCUT2D eigenvalue weighted by Crippen LogP contribution is 2.12. The van der Waals surface area contributed by atoms with Gasteiger partial charge in [-0.1, -0.05) is 28.1 Å². The monoisotopic (exact) mass is 347 g/mol. The van der Waals surface area contributed by atoms with E-state index in [0.29, 0.717) is 12.0 Å². The Morgan fingerprint density at radius 2 is 1.76 bits per heavy atom. The minimum absolute atomic E-state index is 0.347. The van der Waals surface area contributed by atoms with Gasteiger partial charge in [0.25, 0.3) is 5.91 Å². The molecule has 2 aromatic rings. The molecule has 0 saturated heterocycles. The summed E-state index contributed by atoms with van der Waals surface area (Å²) >= 11 is 3.34. The van der Waals surface area contributed by atoms with Gasteiger partial charge in [-0.2, -0.15) is 0 Å². The number of nitrogens with one attached hydrogen (secondary N) is 1. The molecule has 2 rings (SSSR count). The lowest BCUT2D eigenvalue weighted by Gasteiger charge is -2.15. The molecule has 1 aromatic carbocycles. The van der Waals surface area contributed by atoms with Gasteiger partial charge < -0.3 is 11.1 Å². The molecule has 108 valence electrons. The number of rotatable bonds is 5. The van der Waals surface area contributed by atoms with Crippen molar-refractivity contribution in [3.05, 3.63) is 64.4 Å². The van der Waals surface area contributed by atoms with E-state index in [-0.39, 0.29) is 5.91 Å². The first kappa shape index (κ1) is 15.2. The Kier molecular flexibility index (Phi) is 5.05. The minimum atomic E-state index is -0.758. The molecule has 0 radical (unpaired) electrons. The molecule has 3 N–H and O–H groups in total. The van der Waals surface area contributed by atoms with Gasteiger partial charge in [-0.3, -0.25) is 14.6 Å². The lowest BCUT2D eigenvalue weighted by molar-refractivity contribution is -0.119. The van der Waals surface area contributed by atoms with Gasteiger partial charge in [0.15, 0.2) is 0 Å². The van der Waals surface area contributed by atoms with E-state index >= 15 is 0 Å². The molecule has 21 heavy (non-hydrogen) atoms. The van der Waals surface area contributed by atoms with Gasteiger partial charge in [-0.05, 0) is 29.8 Å². The molecule has 0 aliphatic heterocycles. The number of amides is 2. The summed E-state index contributed by atoms with van der Waals surface area (Å²) in [4.78, 5) is 27.4. The number of primary amides is 1. The third kappa shape index (κ3) is 4.39. The van der Waals surface area contributed by atoms with Crippen LogP contribution in [0.4, 0.5) is 0 Å². The fourth-order valence-electron chi connectivity index (χ4n) is 1.82. The van der Waals surface area contributed by atoms with Gasteiger partial charge in [-0.25, -0.2) is 0 Å². The first-order chi connectivity index (χ1) is 10.1. The first-order valence-electron chi connectivity index (χ1n) is 6.31. The number of halogens is 1. The Hall–Kier alpha value is -2.21. The zero-order valence-electron chi connectivity index (χ0n) is 11.1. The van der Waals surface area contributed by atoms with Crippen LogP contribution < -0.4 is 11.1 Å². The predicted octanol–water partition coefficient (Wildman–Crippen LogP) is 1.67. The van der Waals surface area contributed by atoms with E-state index in [9.17, 15) is 9.59 Å². The van der Waals surface area contributed by atoms with E-state index in [4.69, 9.17) is 5.73 Å². The quantitative estimate of drug-likeness (QED) is 0.862. The molecule has 0 saturated carbocycles. The molecule has 0 bridgehead atoms. The maximum absolute atomic E-state index is 12.0. The van der Waals surface area contributed by atoms with Crippen LogP contribution in [0.25, 0.3) is 0 Å². The summed E-state index contributed by atoms with van der Waals surface area (Å²) in [7, 11) is 0. The third-order valence-electron chi connectivity index (χ3n) is 2.94.